The summed E-state index contributed by atoms with van der Waals surface area (Å²) >= 11 is 12.8. The highest BCUT2D eigenvalue weighted by Gasteiger charge is 2.72. The van der Waals surface area contributed by atoms with E-state index in [9.17, 15) is 24.0 Å². The van der Waals surface area contributed by atoms with Crippen LogP contribution in [0.1, 0.15) is 122 Å². The molecule has 4 atom stereocenters. The molecule has 1 saturated carbocycles. The zero-order chi connectivity index (χ0) is 43.2. The Morgan fingerprint density at radius 2 is 1.71 bits per heavy atom. The van der Waals surface area contributed by atoms with E-state index in [1.165, 1.54) is 6.07 Å². The fourth-order valence-electron chi connectivity index (χ4n) is 11.4. The molecule has 5 aliphatic heterocycles. The molecule has 0 bridgehead atoms. The van der Waals surface area contributed by atoms with E-state index in [0.717, 1.165) is 94.1 Å². The highest BCUT2D eigenvalue weighted by atomic mass is 35.5. The number of hydrogen-bond acceptors (Lipinski definition) is 7. The number of carbonyl (C=O) groups excluding carboxylic acids is 5. The highest BCUT2D eigenvalue weighted by molar-refractivity contribution is 6.31. The number of halogens is 3. The van der Waals surface area contributed by atoms with E-state index in [1.807, 2.05) is 18.2 Å². The highest BCUT2D eigenvalue weighted by Crippen LogP contribution is 2.62. The van der Waals surface area contributed by atoms with Crippen LogP contribution < -0.4 is 21.3 Å². The van der Waals surface area contributed by atoms with E-state index in [2.05, 4.69) is 38.0 Å². The SMILES string of the molecule is O=C1CCC(N2Cc3c(C#CCCCCCN4CCC(NC(=O)[C@@H]5NC6(CCCCC6)[C@@]6(C(=O)Nc7cc(Cl)ccc76)[C@H]5c5cccc(Cl)c5F)CC4)cccc3C2=O)C(=O)N1. The molecule has 9 rings (SSSR count). The van der Waals surface area contributed by atoms with Crippen molar-refractivity contribution < 1.29 is 28.4 Å². The lowest BCUT2D eigenvalue weighted by molar-refractivity contribution is -0.137. The van der Waals surface area contributed by atoms with Crippen LogP contribution in [0.2, 0.25) is 10.0 Å². The van der Waals surface area contributed by atoms with Crippen molar-refractivity contribution in [3.05, 3.63) is 98.3 Å². The van der Waals surface area contributed by atoms with Gasteiger partial charge in [0, 0.05) is 71.8 Å². The molecule has 3 saturated heterocycles. The third-order valence-electron chi connectivity index (χ3n) is 14.3. The second-order valence-corrected chi connectivity index (χ2v) is 18.6. The van der Waals surface area contributed by atoms with Crippen molar-refractivity contribution in [3.63, 3.8) is 0 Å². The molecule has 0 aromatic heterocycles. The second kappa shape index (κ2) is 17.4. The maximum absolute atomic E-state index is 16.3. The largest absolute Gasteiger partial charge is 0.352 e. The first-order valence-corrected chi connectivity index (χ1v) is 22.9. The Hall–Kier alpha value is -4.80. The number of piperidine rings is 2. The van der Waals surface area contributed by atoms with E-state index in [-0.39, 0.29) is 46.7 Å². The number of unbranched alkanes of at least 4 members (excludes halogenated alkanes) is 3. The summed E-state index contributed by atoms with van der Waals surface area (Å²) in [5, 5.41) is 12.9. The van der Waals surface area contributed by atoms with Crippen LogP contribution in [0.25, 0.3) is 0 Å². The number of nitrogens with one attached hydrogen (secondary N) is 4. The summed E-state index contributed by atoms with van der Waals surface area (Å²) in [6.45, 7) is 2.93. The summed E-state index contributed by atoms with van der Waals surface area (Å²) in [5.41, 5.74) is 1.73. The quantitative estimate of drug-likeness (QED) is 0.106. The number of anilines is 1. The van der Waals surface area contributed by atoms with Crippen molar-refractivity contribution >= 4 is 58.4 Å². The van der Waals surface area contributed by atoms with Gasteiger partial charge in [-0.25, -0.2) is 4.39 Å². The molecule has 4 N–H and O–H groups in total. The summed E-state index contributed by atoms with van der Waals surface area (Å²) in [4.78, 5) is 70.5. The summed E-state index contributed by atoms with van der Waals surface area (Å²) in [6.07, 6.45) is 9.91. The first-order valence-electron chi connectivity index (χ1n) is 22.1. The van der Waals surface area contributed by atoms with Crippen molar-refractivity contribution in [3.8, 4) is 11.8 Å². The molecule has 11 nitrogen and oxygen atoms in total. The number of rotatable bonds is 9. The first kappa shape index (κ1) is 42.5. The van der Waals surface area contributed by atoms with Crippen LogP contribution in [-0.2, 0) is 31.1 Å². The van der Waals surface area contributed by atoms with Crippen LogP contribution in [0.3, 0.4) is 0 Å². The Kier molecular flexibility index (Phi) is 11.9. The molecule has 3 aromatic carbocycles. The minimum atomic E-state index is -1.26. The van der Waals surface area contributed by atoms with Crippen LogP contribution in [0.15, 0.2) is 54.6 Å². The van der Waals surface area contributed by atoms with Crippen molar-refractivity contribution in [2.24, 2.45) is 0 Å². The van der Waals surface area contributed by atoms with Crippen molar-refractivity contribution in [2.75, 3.05) is 25.0 Å². The monoisotopic (exact) mass is 880 g/mol. The first-order chi connectivity index (χ1) is 30.0. The third-order valence-corrected chi connectivity index (χ3v) is 14.8. The maximum atomic E-state index is 16.3. The molecular weight excluding hydrogens is 830 g/mol. The molecule has 1 aliphatic carbocycles. The van der Waals surface area contributed by atoms with E-state index in [0.29, 0.717) is 42.1 Å². The number of likely N-dealkylation sites (tertiary alicyclic amines) is 1. The lowest BCUT2D eigenvalue weighted by Crippen LogP contribution is -2.60. The van der Waals surface area contributed by atoms with Gasteiger partial charge in [-0.2, -0.15) is 0 Å². The van der Waals surface area contributed by atoms with Crippen molar-refractivity contribution in [1.29, 1.82) is 0 Å². The summed E-state index contributed by atoms with van der Waals surface area (Å²) in [6, 6.07) is 14.1. The van der Waals surface area contributed by atoms with Crippen LogP contribution in [0, 0.1) is 17.7 Å². The molecule has 6 aliphatic rings. The fraction of sp³-hybridized carbons (Fsp3) is 0.479. The Morgan fingerprint density at radius 3 is 2.50 bits per heavy atom. The lowest BCUT2D eigenvalue weighted by Gasteiger charge is -2.47. The molecular formula is C48H51Cl2FN6O5. The molecule has 5 heterocycles. The molecule has 0 radical (unpaired) electrons. The van der Waals surface area contributed by atoms with E-state index < -0.39 is 40.7 Å². The number of nitrogens with zero attached hydrogens (tertiary/aromatic N) is 2. The molecule has 324 valence electrons. The smallest absolute Gasteiger partial charge is 0.255 e. The topological polar surface area (TPSA) is 140 Å². The third kappa shape index (κ3) is 7.48. The Morgan fingerprint density at radius 1 is 0.919 bits per heavy atom. The molecule has 4 fully saturated rings. The predicted octanol–water partition coefficient (Wildman–Crippen LogP) is 6.73. The normalized spacial score (nSPS) is 25.7. The van der Waals surface area contributed by atoms with Gasteiger partial charge in [0.25, 0.3) is 5.91 Å². The summed E-state index contributed by atoms with van der Waals surface area (Å²) in [7, 11) is 0. The van der Waals surface area contributed by atoms with E-state index in [4.69, 9.17) is 23.2 Å². The standard InChI is InChI=1S/C48H51Cl2FN6O5/c49-30-16-17-35-37(27-30)53-46(62)48(35)40(33-14-10-15-36(50)41(33)51)42(55-47(48)22-6-4-7-23-47)44(60)52-31-20-25-56(26-21-31)24-8-3-1-2-5-11-29-12-9-13-32-34(29)28-57(45(32)61)38-18-19-39(58)54-43(38)59/h9-10,12-17,27,31,38,40,42,55H,1-4,6-8,18-26,28H2,(H,52,60)(H,53,62)(H,54,58,59)/t38?,40-,42+,48+/m0/s1. The van der Waals surface area contributed by atoms with Gasteiger partial charge in [-0.1, -0.05) is 85.0 Å². The van der Waals surface area contributed by atoms with Crippen LogP contribution in [0.5, 0.6) is 0 Å². The van der Waals surface area contributed by atoms with Crippen molar-refractivity contribution in [1.82, 2.24) is 25.8 Å². The van der Waals surface area contributed by atoms with Crippen LogP contribution in [-0.4, -0.2) is 82.6 Å². The summed E-state index contributed by atoms with van der Waals surface area (Å²) in [5.74, 6) is 3.66. The number of benzene rings is 3. The Balaban J connectivity index is 0.801. The number of hydrogen-bond donors (Lipinski definition) is 4. The zero-order valence-electron chi connectivity index (χ0n) is 34.6. The Bertz CT molecular complexity index is 2390. The summed E-state index contributed by atoms with van der Waals surface area (Å²) < 4.78 is 16.3. The van der Waals surface area contributed by atoms with Crippen LogP contribution >= 0.6 is 23.2 Å². The van der Waals surface area contributed by atoms with Gasteiger partial charge in [-0.05, 0) is 98.5 Å². The van der Waals surface area contributed by atoms with Gasteiger partial charge < -0.3 is 20.4 Å². The average Bonchev–Trinajstić information content (AvgIpc) is 3.86. The molecule has 62 heavy (non-hydrogen) atoms. The van der Waals surface area contributed by atoms with Gasteiger partial charge in [0.1, 0.15) is 17.3 Å². The van der Waals surface area contributed by atoms with Crippen LogP contribution in [0.4, 0.5) is 10.1 Å². The lowest BCUT2D eigenvalue weighted by atomic mass is 9.55. The molecule has 1 unspecified atom stereocenters. The number of fused-ring (bicyclic) bond motifs is 4. The molecule has 14 heteroatoms. The second-order valence-electron chi connectivity index (χ2n) is 17.8. The van der Waals surface area contributed by atoms with Crippen molar-refractivity contribution in [2.45, 2.75) is 125 Å². The fourth-order valence-corrected chi connectivity index (χ4v) is 11.7. The molecule has 5 amide bonds. The van der Waals surface area contributed by atoms with Gasteiger partial charge in [-0.3, -0.25) is 34.6 Å². The van der Waals surface area contributed by atoms with E-state index in [1.54, 1.807) is 35.2 Å². The van der Waals surface area contributed by atoms with E-state index >= 15 is 4.39 Å². The minimum Gasteiger partial charge on any atom is -0.352 e. The number of amides is 5. The Labute approximate surface area is 371 Å². The van der Waals surface area contributed by atoms with Gasteiger partial charge >= 0.3 is 0 Å². The molecule has 3 aromatic rings. The zero-order valence-corrected chi connectivity index (χ0v) is 36.1. The minimum absolute atomic E-state index is 0.0492. The van der Waals surface area contributed by atoms with Gasteiger partial charge in [0.2, 0.25) is 23.6 Å². The van der Waals surface area contributed by atoms with Gasteiger partial charge in [0.05, 0.1) is 11.1 Å². The number of imide groups is 1. The number of carbonyl (C=O) groups is 5. The average molecular weight is 882 g/mol. The molecule has 2 spiro atoms. The van der Waals surface area contributed by atoms with Gasteiger partial charge in [-0.15, -0.1) is 0 Å². The predicted molar refractivity (Wildman–Crippen MR) is 234 cm³/mol. The maximum Gasteiger partial charge on any atom is 0.255 e. The van der Waals surface area contributed by atoms with Gasteiger partial charge in [0.15, 0.2) is 0 Å².